The van der Waals surface area contributed by atoms with Crippen molar-refractivity contribution >= 4 is 28.9 Å². The van der Waals surface area contributed by atoms with Gasteiger partial charge in [-0.05, 0) is 54.8 Å². The van der Waals surface area contributed by atoms with Gasteiger partial charge in [-0.25, -0.2) is 0 Å². The van der Waals surface area contributed by atoms with Crippen LogP contribution in [0, 0.1) is 0 Å². The van der Waals surface area contributed by atoms with Gasteiger partial charge in [0, 0.05) is 35.6 Å². The van der Waals surface area contributed by atoms with Gasteiger partial charge < -0.3 is 16.0 Å². The fraction of sp³-hybridized carbons (Fsp3) is 0.263. The predicted molar refractivity (Wildman–Crippen MR) is 96.6 cm³/mol. The largest absolute Gasteiger partial charge is 0.385 e. The number of anilines is 3. The van der Waals surface area contributed by atoms with E-state index >= 15 is 0 Å². The number of hydrogen-bond donors (Lipinski definition) is 3. The first-order chi connectivity index (χ1) is 11.7. The van der Waals surface area contributed by atoms with E-state index in [2.05, 4.69) is 16.0 Å². The predicted octanol–water partition coefficient (Wildman–Crippen LogP) is 3.65. The molecule has 24 heavy (non-hydrogen) atoms. The minimum atomic E-state index is -0.110. The molecule has 0 saturated heterocycles. The number of benzene rings is 2. The molecule has 0 radical (unpaired) electrons. The minimum absolute atomic E-state index is 0.0322. The molecule has 1 aliphatic heterocycles. The van der Waals surface area contributed by atoms with E-state index in [1.807, 2.05) is 18.2 Å². The molecule has 5 heteroatoms. The van der Waals surface area contributed by atoms with Gasteiger partial charge >= 0.3 is 0 Å². The third-order valence-corrected chi connectivity index (χ3v) is 4.09. The highest BCUT2D eigenvalue weighted by Crippen LogP contribution is 2.26. The highest BCUT2D eigenvalue weighted by atomic mass is 16.2. The van der Waals surface area contributed by atoms with Gasteiger partial charge in [0.2, 0.25) is 5.91 Å². The Morgan fingerprint density at radius 2 is 1.75 bits per heavy atom. The first-order valence-electron chi connectivity index (χ1n) is 8.24. The Morgan fingerprint density at radius 1 is 1.04 bits per heavy atom. The molecule has 0 spiro atoms. The van der Waals surface area contributed by atoms with E-state index in [0.29, 0.717) is 17.7 Å². The SMILES string of the molecule is CCC(=O)Nc1ccc(NC(=O)c2cccc3c2CCCN3)cc1. The van der Waals surface area contributed by atoms with E-state index in [0.717, 1.165) is 36.3 Å². The Hall–Kier alpha value is -2.82. The van der Waals surface area contributed by atoms with Crippen molar-refractivity contribution < 1.29 is 9.59 Å². The minimum Gasteiger partial charge on any atom is -0.385 e. The molecule has 0 atom stereocenters. The second-order valence-corrected chi connectivity index (χ2v) is 5.80. The average Bonchev–Trinajstić information content (AvgIpc) is 2.62. The van der Waals surface area contributed by atoms with Crippen molar-refractivity contribution in [1.82, 2.24) is 0 Å². The van der Waals surface area contributed by atoms with Gasteiger partial charge in [-0.1, -0.05) is 13.0 Å². The molecular weight excluding hydrogens is 302 g/mol. The van der Waals surface area contributed by atoms with Crippen LogP contribution in [-0.4, -0.2) is 18.4 Å². The number of nitrogens with one attached hydrogen (secondary N) is 3. The number of fused-ring (bicyclic) bond motifs is 1. The normalized spacial score (nSPS) is 12.7. The Morgan fingerprint density at radius 3 is 2.46 bits per heavy atom. The summed E-state index contributed by atoms with van der Waals surface area (Å²) in [7, 11) is 0. The lowest BCUT2D eigenvalue weighted by atomic mass is 9.97. The van der Waals surface area contributed by atoms with E-state index in [9.17, 15) is 9.59 Å². The molecule has 0 unspecified atom stereocenters. The quantitative estimate of drug-likeness (QED) is 0.804. The van der Waals surface area contributed by atoms with Crippen LogP contribution >= 0.6 is 0 Å². The molecular formula is C19H21N3O2. The van der Waals surface area contributed by atoms with E-state index < -0.39 is 0 Å². The van der Waals surface area contributed by atoms with Gasteiger partial charge in [-0.3, -0.25) is 9.59 Å². The van der Waals surface area contributed by atoms with Crippen LogP contribution in [0.1, 0.15) is 35.7 Å². The standard InChI is InChI=1S/C19H21N3O2/c1-2-18(23)21-13-8-10-14(11-9-13)22-19(24)16-5-3-7-17-15(16)6-4-12-20-17/h3,5,7-11,20H,2,4,6,12H2,1H3,(H,21,23)(H,22,24). The smallest absolute Gasteiger partial charge is 0.256 e. The third kappa shape index (κ3) is 3.56. The van der Waals surface area contributed by atoms with Crippen molar-refractivity contribution in [3.05, 3.63) is 53.6 Å². The summed E-state index contributed by atoms with van der Waals surface area (Å²) in [6.45, 7) is 2.75. The molecule has 0 bridgehead atoms. The number of hydrogen-bond acceptors (Lipinski definition) is 3. The molecule has 2 aromatic rings. The third-order valence-electron chi connectivity index (χ3n) is 4.09. The van der Waals surface area contributed by atoms with Crippen LogP contribution in [0.4, 0.5) is 17.1 Å². The van der Waals surface area contributed by atoms with Crippen LogP contribution in [0.25, 0.3) is 0 Å². The van der Waals surface area contributed by atoms with Gasteiger partial charge in [0.25, 0.3) is 5.91 Å². The van der Waals surface area contributed by atoms with Crippen LogP contribution in [-0.2, 0) is 11.2 Å². The molecule has 5 nitrogen and oxygen atoms in total. The van der Waals surface area contributed by atoms with Gasteiger partial charge in [0.1, 0.15) is 0 Å². The van der Waals surface area contributed by atoms with Gasteiger partial charge in [-0.15, -0.1) is 0 Å². The van der Waals surface area contributed by atoms with Gasteiger partial charge in [0.05, 0.1) is 0 Å². The zero-order chi connectivity index (χ0) is 16.9. The van der Waals surface area contributed by atoms with E-state index in [-0.39, 0.29) is 11.8 Å². The Kier molecular flexibility index (Phi) is 4.79. The van der Waals surface area contributed by atoms with Crippen molar-refractivity contribution in [3.8, 4) is 0 Å². The molecule has 3 rings (SSSR count). The Balaban J connectivity index is 1.72. The van der Waals surface area contributed by atoms with Crippen molar-refractivity contribution in [2.24, 2.45) is 0 Å². The fourth-order valence-corrected chi connectivity index (χ4v) is 2.81. The lowest BCUT2D eigenvalue weighted by Crippen LogP contribution is -2.19. The lowest BCUT2D eigenvalue weighted by molar-refractivity contribution is -0.115. The molecule has 124 valence electrons. The van der Waals surface area contributed by atoms with E-state index in [4.69, 9.17) is 0 Å². The van der Waals surface area contributed by atoms with Crippen LogP contribution < -0.4 is 16.0 Å². The molecule has 3 N–H and O–H groups in total. The lowest BCUT2D eigenvalue weighted by Gasteiger charge is -2.20. The van der Waals surface area contributed by atoms with Crippen LogP contribution in [0.2, 0.25) is 0 Å². The second kappa shape index (κ2) is 7.17. The van der Waals surface area contributed by atoms with E-state index in [1.165, 1.54) is 0 Å². The van der Waals surface area contributed by atoms with Gasteiger partial charge in [-0.2, -0.15) is 0 Å². The number of carbonyl (C=O) groups excluding carboxylic acids is 2. The topological polar surface area (TPSA) is 70.2 Å². The molecule has 2 aromatic carbocycles. The number of amides is 2. The van der Waals surface area contributed by atoms with Crippen LogP contribution in [0.15, 0.2) is 42.5 Å². The number of rotatable bonds is 4. The summed E-state index contributed by atoms with van der Waals surface area (Å²) >= 11 is 0. The molecule has 0 aliphatic carbocycles. The maximum atomic E-state index is 12.6. The zero-order valence-electron chi connectivity index (χ0n) is 13.7. The highest BCUT2D eigenvalue weighted by Gasteiger charge is 2.17. The fourth-order valence-electron chi connectivity index (χ4n) is 2.81. The summed E-state index contributed by atoms with van der Waals surface area (Å²) in [5.74, 6) is -0.143. The van der Waals surface area contributed by atoms with Crippen molar-refractivity contribution in [1.29, 1.82) is 0 Å². The van der Waals surface area contributed by atoms with E-state index in [1.54, 1.807) is 31.2 Å². The van der Waals surface area contributed by atoms with Crippen molar-refractivity contribution in [2.75, 3.05) is 22.5 Å². The highest BCUT2D eigenvalue weighted by molar-refractivity contribution is 6.06. The summed E-state index contributed by atoms with van der Waals surface area (Å²) in [5, 5.41) is 9.04. The molecule has 0 saturated carbocycles. The molecule has 2 amide bonds. The molecule has 1 heterocycles. The summed E-state index contributed by atoms with van der Waals surface area (Å²) in [6, 6.07) is 12.9. The molecule has 1 aliphatic rings. The Bertz CT molecular complexity index is 754. The Labute approximate surface area is 141 Å². The van der Waals surface area contributed by atoms with Crippen molar-refractivity contribution in [2.45, 2.75) is 26.2 Å². The van der Waals surface area contributed by atoms with Crippen molar-refractivity contribution in [3.63, 3.8) is 0 Å². The number of carbonyl (C=O) groups is 2. The first kappa shape index (κ1) is 16.1. The monoisotopic (exact) mass is 323 g/mol. The summed E-state index contributed by atoms with van der Waals surface area (Å²) in [4.78, 5) is 24.0. The second-order valence-electron chi connectivity index (χ2n) is 5.80. The van der Waals surface area contributed by atoms with Crippen LogP contribution in [0.3, 0.4) is 0 Å². The molecule has 0 aromatic heterocycles. The van der Waals surface area contributed by atoms with Crippen LogP contribution in [0.5, 0.6) is 0 Å². The zero-order valence-corrected chi connectivity index (χ0v) is 13.7. The summed E-state index contributed by atoms with van der Waals surface area (Å²) in [6.07, 6.45) is 2.38. The first-order valence-corrected chi connectivity index (χ1v) is 8.24. The maximum Gasteiger partial charge on any atom is 0.256 e. The summed E-state index contributed by atoms with van der Waals surface area (Å²) in [5.41, 5.74) is 4.26. The molecule has 0 fully saturated rings. The average molecular weight is 323 g/mol. The maximum absolute atomic E-state index is 12.6. The van der Waals surface area contributed by atoms with Gasteiger partial charge in [0.15, 0.2) is 0 Å². The summed E-state index contributed by atoms with van der Waals surface area (Å²) < 4.78 is 0.